The molecule has 0 spiro atoms. The zero-order chi connectivity index (χ0) is 14.4. The van der Waals surface area contributed by atoms with Gasteiger partial charge < -0.3 is 0 Å². The molecular formula is C22H22. The van der Waals surface area contributed by atoms with E-state index in [0.717, 1.165) is 23.7 Å². The number of fused-ring (bicyclic) bond motifs is 2. The topological polar surface area (TPSA) is 0 Å². The molecule has 0 aliphatic heterocycles. The quantitative estimate of drug-likeness (QED) is 0.733. The van der Waals surface area contributed by atoms with Gasteiger partial charge in [-0.2, -0.15) is 0 Å². The van der Waals surface area contributed by atoms with Crippen LogP contribution in [-0.4, -0.2) is 0 Å². The fourth-order valence-corrected chi connectivity index (χ4v) is 8.05. The Hall–Kier alpha value is -1.56. The predicted molar refractivity (Wildman–Crippen MR) is 88.7 cm³/mol. The van der Waals surface area contributed by atoms with Crippen molar-refractivity contribution in [2.75, 3.05) is 0 Å². The van der Waals surface area contributed by atoms with Crippen LogP contribution in [0.1, 0.15) is 36.8 Å². The zero-order valence-corrected chi connectivity index (χ0v) is 12.9. The minimum atomic E-state index is 0.488. The van der Waals surface area contributed by atoms with Gasteiger partial charge in [-0.05, 0) is 60.5 Å². The monoisotopic (exact) mass is 286 g/mol. The number of rotatable bonds is 2. The molecule has 0 N–H and O–H groups in total. The third kappa shape index (κ3) is 0.935. The highest BCUT2D eigenvalue weighted by atomic mass is 14.9. The van der Waals surface area contributed by atoms with E-state index in [1.54, 1.807) is 11.1 Å². The highest BCUT2D eigenvalue weighted by Crippen LogP contribution is 2.89. The van der Waals surface area contributed by atoms with Crippen LogP contribution in [0.5, 0.6) is 0 Å². The van der Waals surface area contributed by atoms with Crippen molar-refractivity contribution in [3.8, 4) is 0 Å². The van der Waals surface area contributed by atoms with Crippen molar-refractivity contribution in [2.24, 2.45) is 23.7 Å². The van der Waals surface area contributed by atoms with E-state index >= 15 is 0 Å². The summed E-state index contributed by atoms with van der Waals surface area (Å²) in [4.78, 5) is 0. The summed E-state index contributed by atoms with van der Waals surface area (Å²) in [5.74, 6) is 3.83. The molecule has 0 radical (unpaired) electrons. The Labute approximate surface area is 132 Å². The van der Waals surface area contributed by atoms with Gasteiger partial charge in [0.25, 0.3) is 0 Å². The van der Waals surface area contributed by atoms with Crippen LogP contribution < -0.4 is 0 Å². The Morgan fingerprint density at radius 2 is 0.818 bits per heavy atom. The molecule has 0 heterocycles. The average Bonchev–Trinajstić information content (AvgIpc) is 2.87. The lowest BCUT2D eigenvalue weighted by molar-refractivity contribution is -0.195. The molecule has 6 rings (SSSR count). The van der Waals surface area contributed by atoms with Crippen molar-refractivity contribution in [2.45, 2.75) is 36.5 Å². The van der Waals surface area contributed by atoms with E-state index in [9.17, 15) is 0 Å². The Morgan fingerprint density at radius 3 is 1.14 bits per heavy atom. The lowest BCUT2D eigenvalue weighted by Crippen LogP contribution is -2.80. The first-order valence-corrected chi connectivity index (χ1v) is 9.03. The summed E-state index contributed by atoms with van der Waals surface area (Å²) >= 11 is 0. The average molecular weight is 286 g/mol. The minimum Gasteiger partial charge on any atom is -0.0622 e. The van der Waals surface area contributed by atoms with Crippen LogP contribution in [-0.2, 0) is 10.8 Å². The lowest BCUT2D eigenvalue weighted by atomic mass is 9.24. The van der Waals surface area contributed by atoms with Crippen LogP contribution in [0.4, 0.5) is 0 Å². The number of hydrogen-bond acceptors (Lipinski definition) is 0. The summed E-state index contributed by atoms with van der Waals surface area (Å²) in [5.41, 5.74) is 4.28. The van der Waals surface area contributed by atoms with E-state index in [-0.39, 0.29) is 0 Å². The smallest absolute Gasteiger partial charge is 0.0118 e. The van der Waals surface area contributed by atoms with Crippen LogP contribution >= 0.6 is 0 Å². The van der Waals surface area contributed by atoms with Crippen LogP contribution in [0.3, 0.4) is 0 Å². The van der Waals surface area contributed by atoms with E-state index in [1.165, 1.54) is 25.7 Å². The van der Waals surface area contributed by atoms with E-state index < -0.39 is 0 Å². The molecule has 110 valence electrons. The highest BCUT2D eigenvalue weighted by molar-refractivity contribution is 5.57. The Morgan fingerprint density at radius 1 is 0.500 bits per heavy atom. The second kappa shape index (κ2) is 3.67. The van der Waals surface area contributed by atoms with Crippen LogP contribution in [0.25, 0.3) is 0 Å². The summed E-state index contributed by atoms with van der Waals surface area (Å²) in [7, 11) is 0. The van der Waals surface area contributed by atoms with Crippen molar-refractivity contribution < 1.29 is 0 Å². The van der Waals surface area contributed by atoms with Gasteiger partial charge in [0.2, 0.25) is 0 Å². The normalized spacial score (nSPS) is 46.7. The summed E-state index contributed by atoms with van der Waals surface area (Å²) < 4.78 is 0. The second-order valence-corrected chi connectivity index (χ2v) is 8.05. The Balaban J connectivity index is 1.63. The molecule has 6 atom stereocenters. The standard InChI is InChI=1S/C22H22/c1-3-7-15(8-4-1)21-17-11-12-18(21)20-14-13-19(17)22(20,21)16-9-5-2-6-10-16/h1-10,17-20H,11-14H2/t17-,18+,19+,20-,21?,22?. The summed E-state index contributed by atoms with van der Waals surface area (Å²) in [6, 6.07) is 23.1. The van der Waals surface area contributed by atoms with Crippen LogP contribution in [0.15, 0.2) is 60.7 Å². The van der Waals surface area contributed by atoms with E-state index in [4.69, 9.17) is 0 Å². The van der Waals surface area contributed by atoms with Gasteiger partial charge in [0.15, 0.2) is 0 Å². The molecule has 0 aromatic heterocycles. The maximum absolute atomic E-state index is 2.43. The molecule has 0 amide bonds. The fourth-order valence-electron chi connectivity index (χ4n) is 8.05. The van der Waals surface area contributed by atoms with Crippen molar-refractivity contribution in [1.82, 2.24) is 0 Å². The molecule has 4 aliphatic rings. The second-order valence-electron chi connectivity index (χ2n) is 8.05. The van der Waals surface area contributed by atoms with Gasteiger partial charge in [-0.25, -0.2) is 0 Å². The van der Waals surface area contributed by atoms with Gasteiger partial charge in [-0.15, -0.1) is 0 Å². The van der Waals surface area contributed by atoms with Gasteiger partial charge in [-0.1, -0.05) is 60.7 Å². The molecule has 2 aromatic carbocycles. The maximum atomic E-state index is 2.43. The molecule has 22 heavy (non-hydrogen) atoms. The zero-order valence-electron chi connectivity index (χ0n) is 12.9. The van der Waals surface area contributed by atoms with Crippen LogP contribution in [0.2, 0.25) is 0 Å². The van der Waals surface area contributed by atoms with Gasteiger partial charge in [0.05, 0.1) is 0 Å². The Kier molecular flexibility index (Phi) is 1.99. The Bertz CT molecular complexity index is 644. The molecule has 0 heteroatoms. The fraction of sp³-hybridized carbons (Fsp3) is 0.455. The first-order chi connectivity index (χ1) is 10.9. The third-order valence-corrected chi connectivity index (χ3v) is 8.08. The largest absolute Gasteiger partial charge is 0.0622 e. The highest BCUT2D eigenvalue weighted by Gasteiger charge is 2.88. The van der Waals surface area contributed by atoms with Crippen molar-refractivity contribution in [3.63, 3.8) is 0 Å². The summed E-state index contributed by atoms with van der Waals surface area (Å²) in [6.45, 7) is 0. The van der Waals surface area contributed by atoms with Gasteiger partial charge in [0.1, 0.15) is 0 Å². The van der Waals surface area contributed by atoms with Gasteiger partial charge >= 0.3 is 0 Å². The first-order valence-electron chi connectivity index (χ1n) is 9.03. The van der Waals surface area contributed by atoms with Crippen molar-refractivity contribution >= 4 is 0 Å². The van der Waals surface area contributed by atoms with E-state index in [2.05, 4.69) is 60.7 Å². The molecule has 0 nitrogen and oxygen atoms in total. The van der Waals surface area contributed by atoms with Gasteiger partial charge in [0, 0.05) is 10.8 Å². The molecule has 4 fully saturated rings. The number of hydrogen-bond donors (Lipinski definition) is 0. The number of benzene rings is 2. The molecule has 4 saturated carbocycles. The molecule has 2 unspecified atom stereocenters. The lowest BCUT2D eigenvalue weighted by Gasteiger charge is -2.78. The molecule has 2 aromatic rings. The first kappa shape index (κ1) is 11.9. The molecule has 0 bridgehead atoms. The summed E-state index contributed by atoms with van der Waals surface area (Å²) in [5, 5.41) is 0. The van der Waals surface area contributed by atoms with E-state index in [0.29, 0.717) is 10.8 Å². The van der Waals surface area contributed by atoms with Crippen LogP contribution in [0, 0.1) is 23.7 Å². The molecular weight excluding hydrogens is 264 g/mol. The molecule has 4 aliphatic carbocycles. The predicted octanol–water partition coefficient (Wildman–Crippen LogP) is 4.94. The molecule has 0 saturated heterocycles. The minimum absolute atomic E-state index is 0.488. The SMILES string of the molecule is c1ccc(C23[C@@H]4CC[C@H]2[C@H]2CC[C@@H]4C23c2ccccc2)cc1. The maximum Gasteiger partial charge on any atom is 0.0118 e. The van der Waals surface area contributed by atoms with E-state index in [1.807, 2.05) is 0 Å². The van der Waals surface area contributed by atoms with Crippen molar-refractivity contribution in [1.29, 1.82) is 0 Å². The van der Waals surface area contributed by atoms with Gasteiger partial charge in [-0.3, -0.25) is 0 Å². The summed E-state index contributed by atoms with van der Waals surface area (Å²) in [6.07, 6.45) is 5.93. The third-order valence-electron chi connectivity index (χ3n) is 8.08. The van der Waals surface area contributed by atoms with Crippen molar-refractivity contribution in [3.05, 3.63) is 71.8 Å².